The molecule has 2 aromatic carbocycles. The van der Waals surface area contributed by atoms with Gasteiger partial charge in [-0.15, -0.1) is 0 Å². The molecule has 0 aliphatic rings. The molecule has 104 valence electrons. The number of rotatable bonds is 3. The number of hydrazone groups is 1. The molecule has 0 fully saturated rings. The Hall–Kier alpha value is -2.95. The zero-order chi connectivity index (χ0) is 14.7. The Morgan fingerprint density at radius 2 is 1.95 bits per heavy atom. The van der Waals surface area contributed by atoms with Gasteiger partial charge in [0.25, 0.3) is 0 Å². The highest BCUT2D eigenvalue weighted by Gasteiger charge is 1.99. The Morgan fingerprint density at radius 3 is 2.81 bits per heavy atom. The summed E-state index contributed by atoms with van der Waals surface area (Å²) in [4.78, 5) is 8.69. The number of phenols is 1. The number of aryl methyl sites for hydroxylation is 1. The van der Waals surface area contributed by atoms with E-state index < -0.39 is 0 Å². The fourth-order valence-electron chi connectivity index (χ4n) is 1.96. The summed E-state index contributed by atoms with van der Waals surface area (Å²) < 4.78 is 0. The number of aromatic hydroxyl groups is 1. The fourth-order valence-corrected chi connectivity index (χ4v) is 1.96. The van der Waals surface area contributed by atoms with Crippen molar-refractivity contribution in [1.82, 2.24) is 9.97 Å². The molecule has 21 heavy (non-hydrogen) atoms. The van der Waals surface area contributed by atoms with E-state index in [1.165, 1.54) is 0 Å². The number of phenolic OH excluding ortho intramolecular Hbond substituents is 1. The van der Waals surface area contributed by atoms with E-state index in [-0.39, 0.29) is 5.75 Å². The monoisotopic (exact) mass is 278 g/mol. The van der Waals surface area contributed by atoms with Gasteiger partial charge < -0.3 is 5.11 Å². The van der Waals surface area contributed by atoms with E-state index in [2.05, 4.69) is 20.5 Å². The average molecular weight is 278 g/mol. The molecule has 0 bridgehead atoms. The Kier molecular flexibility index (Phi) is 3.47. The highest BCUT2D eigenvalue weighted by Crippen LogP contribution is 2.16. The van der Waals surface area contributed by atoms with Crippen LogP contribution in [-0.4, -0.2) is 21.3 Å². The van der Waals surface area contributed by atoms with E-state index >= 15 is 0 Å². The normalized spacial score (nSPS) is 11.1. The van der Waals surface area contributed by atoms with Crippen molar-refractivity contribution >= 4 is 23.1 Å². The van der Waals surface area contributed by atoms with Crippen LogP contribution >= 0.6 is 0 Å². The van der Waals surface area contributed by atoms with Gasteiger partial charge in [-0.25, -0.2) is 4.98 Å². The Morgan fingerprint density at radius 1 is 1.14 bits per heavy atom. The fraction of sp³-hybridized carbons (Fsp3) is 0.0625. The molecule has 0 spiro atoms. The summed E-state index contributed by atoms with van der Waals surface area (Å²) in [5, 5.41) is 13.8. The number of benzene rings is 2. The van der Waals surface area contributed by atoms with E-state index in [1.807, 2.05) is 43.3 Å². The minimum absolute atomic E-state index is 0.191. The molecule has 5 heteroatoms. The van der Waals surface area contributed by atoms with Crippen LogP contribution in [-0.2, 0) is 0 Å². The summed E-state index contributed by atoms with van der Waals surface area (Å²) in [6.07, 6.45) is 3.18. The highest BCUT2D eigenvalue weighted by atomic mass is 16.3. The molecule has 1 aromatic heterocycles. The molecular formula is C16H14N4O. The van der Waals surface area contributed by atoms with Crippen molar-refractivity contribution in [1.29, 1.82) is 0 Å². The SMILES string of the molecule is Cc1ccc(O)c(/C=N/Nc2cnc3ccccc3n2)c1. The molecule has 1 heterocycles. The minimum atomic E-state index is 0.191. The second-order valence-electron chi connectivity index (χ2n) is 4.68. The third kappa shape index (κ3) is 2.97. The summed E-state index contributed by atoms with van der Waals surface area (Å²) in [6.45, 7) is 1.96. The van der Waals surface area contributed by atoms with Crippen molar-refractivity contribution in [3.8, 4) is 5.75 Å². The number of nitrogens with one attached hydrogen (secondary N) is 1. The standard InChI is InChI=1S/C16H14N4O/c1-11-6-7-15(21)12(8-11)9-18-20-16-10-17-13-4-2-3-5-14(13)19-16/h2-10,21H,1H3,(H,19,20)/b18-9+. The van der Waals surface area contributed by atoms with Gasteiger partial charge in [0.2, 0.25) is 0 Å². The van der Waals surface area contributed by atoms with Crippen molar-refractivity contribution < 1.29 is 5.11 Å². The van der Waals surface area contributed by atoms with Crippen LogP contribution in [0.2, 0.25) is 0 Å². The number of para-hydroxylation sites is 2. The van der Waals surface area contributed by atoms with E-state index in [0.29, 0.717) is 11.4 Å². The molecule has 3 rings (SSSR count). The first-order valence-electron chi connectivity index (χ1n) is 6.53. The molecule has 0 unspecified atom stereocenters. The highest BCUT2D eigenvalue weighted by molar-refractivity contribution is 5.84. The van der Waals surface area contributed by atoms with Crippen LogP contribution in [0.15, 0.2) is 53.8 Å². The van der Waals surface area contributed by atoms with E-state index in [0.717, 1.165) is 16.6 Å². The average Bonchev–Trinajstić information content (AvgIpc) is 2.50. The first-order chi connectivity index (χ1) is 10.2. The Labute approximate surface area is 122 Å². The van der Waals surface area contributed by atoms with Gasteiger partial charge in [-0.2, -0.15) is 5.10 Å². The first kappa shape index (κ1) is 13.1. The lowest BCUT2D eigenvalue weighted by molar-refractivity contribution is 0.474. The van der Waals surface area contributed by atoms with Crippen LogP contribution < -0.4 is 5.43 Å². The first-order valence-corrected chi connectivity index (χ1v) is 6.53. The van der Waals surface area contributed by atoms with Crippen molar-refractivity contribution in [3.63, 3.8) is 0 Å². The van der Waals surface area contributed by atoms with Gasteiger partial charge in [0.1, 0.15) is 5.75 Å². The van der Waals surface area contributed by atoms with Crippen molar-refractivity contribution in [2.45, 2.75) is 6.92 Å². The molecule has 0 atom stereocenters. The molecule has 0 aliphatic heterocycles. The largest absolute Gasteiger partial charge is 0.507 e. The van der Waals surface area contributed by atoms with Crippen molar-refractivity contribution in [3.05, 3.63) is 59.8 Å². The maximum Gasteiger partial charge on any atom is 0.165 e. The van der Waals surface area contributed by atoms with Gasteiger partial charge in [0, 0.05) is 5.56 Å². The summed E-state index contributed by atoms with van der Waals surface area (Å²) in [7, 11) is 0. The Bertz CT molecular complexity index is 814. The lowest BCUT2D eigenvalue weighted by atomic mass is 10.1. The third-order valence-corrected chi connectivity index (χ3v) is 3.01. The van der Waals surface area contributed by atoms with Crippen molar-refractivity contribution in [2.75, 3.05) is 5.43 Å². The van der Waals surface area contributed by atoms with Gasteiger partial charge in [-0.05, 0) is 31.2 Å². The summed E-state index contributed by atoms with van der Waals surface area (Å²) >= 11 is 0. The zero-order valence-corrected chi connectivity index (χ0v) is 11.5. The number of aromatic nitrogens is 2. The van der Waals surface area contributed by atoms with Gasteiger partial charge in [-0.3, -0.25) is 10.4 Å². The lowest BCUT2D eigenvalue weighted by Gasteiger charge is -2.02. The van der Waals surface area contributed by atoms with Gasteiger partial charge in [-0.1, -0.05) is 23.8 Å². The number of fused-ring (bicyclic) bond motifs is 1. The predicted octanol–water partition coefficient (Wildman–Crippen LogP) is 3.09. The maximum absolute atomic E-state index is 9.73. The summed E-state index contributed by atoms with van der Waals surface area (Å²) in [5.41, 5.74) is 6.16. The van der Waals surface area contributed by atoms with Crippen LogP contribution in [0.1, 0.15) is 11.1 Å². The van der Waals surface area contributed by atoms with Gasteiger partial charge in [0.15, 0.2) is 5.82 Å². The second kappa shape index (κ2) is 5.58. The molecule has 5 nitrogen and oxygen atoms in total. The summed E-state index contributed by atoms with van der Waals surface area (Å²) in [6, 6.07) is 13.0. The maximum atomic E-state index is 9.73. The lowest BCUT2D eigenvalue weighted by Crippen LogP contribution is -1.95. The number of hydrogen-bond acceptors (Lipinski definition) is 5. The van der Waals surface area contributed by atoms with Gasteiger partial charge in [0.05, 0.1) is 23.4 Å². The third-order valence-electron chi connectivity index (χ3n) is 3.01. The number of hydrogen-bond donors (Lipinski definition) is 2. The topological polar surface area (TPSA) is 70.4 Å². The molecule has 2 N–H and O–H groups in total. The molecule has 0 aliphatic carbocycles. The van der Waals surface area contributed by atoms with Crippen LogP contribution in [0.3, 0.4) is 0 Å². The number of nitrogens with zero attached hydrogens (tertiary/aromatic N) is 3. The van der Waals surface area contributed by atoms with Crippen LogP contribution in [0.4, 0.5) is 5.82 Å². The quantitative estimate of drug-likeness (QED) is 0.570. The Balaban J connectivity index is 1.79. The van der Waals surface area contributed by atoms with Crippen LogP contribution in [0.25, 0.3) is 11.0 Å². The predicted molar refractivity (Wildman–Crippen MR) is 83.6 cm³/mol. The second-order valence-corrected chi connectivity index (χ2v) is 4.68. The summed E-state index contributed by atoms with van der Waals surface area (Å²) in [5.74, 6) is 0.743. The van der Waals surface area contributed by atoms with E-state index in [9.17, 15) is 5.11 Å². The molecule has 0 saturated carbocycles. The molecule has 0 amide bonds. The molecule has 0 saturated heterocycles. The van der Waals surface area contributed by atoms with E-state index in [1.54, 1.807) is 18.5 Å². The minimum Gasteiger partial charge on any atom is -0.507 e. The van der Waals surface area contributed by atoms with Gasteiger partial charge >= 0.3 is 0 Å². The molecule has 3 aromatic rings. The van der Waals surface area contributed by atoms with Crippen molar-refractivity contribution in [2.24, 2.45) is 5.10 Å². The molecular weight excluding hydrogens is 264 g/mol. The smallest absolute Gasteiger partial charge is 0.165 e. The van der Waals surface area contributed by atoms with Crippen LogP contribution in [0, 0.1) is 6.92 Å². The van der Waals surface area contributed by atoms with Crippen LogP contribution in [0.5, 0.6) is 5.75 Å². The molecule has 0 radical (unpaired) electrons. The van der Waals surface area contributed by atoms with E-state index in [4.69, 9.17) is 0 Å². The number of anilines is 1. The zero-order valence-electron chi connectivity index (χ0n) is 11.5.